The fourth-order valence-corrected chi connectivity index (χ4v) is 1.96. The van der Waals surface area contributed by atoms with Gasteiger partial charge in [0.1, 0.15) is 5.78 Å². The molecule has 0 aliphatic heterocycles. The van der Waals surface area contributed by atoms with Crippen molar-refractivity contribution in [3.8, 4) is 0 Å². The molecule has 0 fully saturated rings. The normalized spacial score (nSPS) is 11.6. The molecule has 0 aliphatic carbocycles. The molecule has 0 bridgehead atoms. The number of benzene rings is 1. The lowest BCUT2D eigenvalue weighted by Crippen LogP contribution is -1.90. The van der Waals surface area contributed by atoms with Crippen molar-refractivity contribution >= 4 is 5.78 Å². The summed E-state index contributed by atoms with van der Waals surface area (Å²) in [5.74, 6) is 0.294. The second kappa shape index (κ2) is 7.86. The predicted octanol–water partition coefficient (Wildman–Crippen LogP) is 4.63. The van der Waals surface area contributed by atoms with E-state index < -0.39 is 0 Å². The topological polar surface area (TPSA) is 17.1 Å². The van der Waals surface area contributed by atoms with Gasteiger partial charge in [-0.25, -0.2) is 0 Å². The summed E-state index contributed by atoms with van der Waals surface area (Å²) in [6.07, 6.45) is 7.25. The summed E-state index contributed by atoms with van der Waals surface area (Å²) in [6.45, 7) is 5.94. The van der Waals surface area contributed by atoms with Gasteiger partial charge in [-0.1, -0.05) is 41.5 Å². The Morgan fingerprint density at radius 1 is 1.11 bits per heavy atom. The van der Waals surface area contributed by atoms with Crippen molar-refractivity contribution in [2.75, 3.05) is 0 Å². The molecule has 0 unspecified atom stereocenters. The third-order valence-corrected chi connectivity index (χ3v) is 3.15. The van der Waals surface area contributed by atoms with Crippen LogP contribution in [0.15, 0.2) is 35.9 Å². The molecule has 1 aromatic carbocycles. The first-order chi connectivity index (χ1) is 8.58. The van der Waals surface area contributed by atoms with E-state index in [1.165, 1.54) is 16.7 Å². The van der Waals surface area contributed by atoms with E-state index in [0.717, 1.165) is 25.7 Å². The maximum atomic E-state index is 10.8. The summed E-state index contributed by atoms with van der Waals surface area (Å²) in [6, 6.07) is 8.74. The molecule has 0 aromatic heterocycles. The quantitative estimate of drug-likeness (QED) is 0.639. The Morgan fingerprint density at radius 3 is 2.39 bits per heavy atom. The predicted molar refractivity (Wildman–Crippen MR) is 77.8 cm³/mol. The number of hydrogen-bond donors (Lipinski definition) is 0. The van der Waals surface area contributed by atoms with E-state index >= 15 is 0 Å². The Balaban J connectivity index is 2.26. The number of carbonyl (C=O) groups excluding carboxylic acids is 1. The van der Waals surface area contributed by atoms with Gasteiger partial charge in [0.25, 0.3) is 0 Å². The van der Waals surface area contributed by atoms with Gasteiger partial charge in [-0.05, 0) is 52.0 Å². The van der Waals surface area contributed by atoms with Crippen molar-refractivity contribution in [2.24, 2.45) is 0 Å². The summed E-state index contributed by atoms with van der Waals surface area (Å²) in [7, 11) is 0. The molecule has 0 N–H and O–H groups in total. The maximum Gasteiger partial charge on any atom is 0.129 e. The lowest BCUT2D eigenvalue weighted by atomic mass is 10.0. The highest BCUT2D eigenvalue weighted by Crippen LogP contribution is 2.11. The van der Waals surface area contributed by atoms with Crippen molar-refractivity contribution in [1.82, 2.24) is 0 Å². The second-order valence-electron chi connectivity index (χ2n) is 5.13. The molecule has 0 radical (unpaired) electrons. The van der Waals surface area contributed by atoms with Crippen LogP contribution in [-0.4, -0.2) is 5.78 Å². The Morgan fingerprint density at radius 2 is 1.78 bits per heavy atom. The molecule has 1 aromatic rings. The molecule has 0 amide bonds. The van der Waals surface area contributed by atoms with Crippen LogP contribution in [0.4, 0.5) is 0 Å². The monoisotopic (exact) mass is 244 g/mol. The average molecular weight is 244 g/mol. The summed E-state index contributed by atoms with van der Waals surface area (Å²) in [4.78, 5) is 10.8. The van der Waals surface area contributed by atoms with Crippen molar-refractivity contribution in [2.45, 2.75) is 52.9 Å². The van der Waals surface area contributed by atoms with Crippen LogP contribution in [0.1, 0.15) is 50.7 Å². The van der Waals surface area contributed by atoms with E-state index in [2.05, 4.69) is 44.2 Å². The first kappa shape index (κ1) is 14.7. The van der Waals surface area contributed by atoms with Crippen LogP contribution in [0, 0.1) is 6.92 Å². The number of aryl methyl sites for hydroxylation is 2. The van der Waals surface area contributed by atoms with Gasteiger partial charge in [-0.2, -0.15) is 0 Å². The van der Waals surface area contributed by atoms with Crippen LogP contribution in [0.2, 0.25) is 0 Å². The zero-order valence-electron chi connectivity index (χ0n) is 11.8. The Labute approximate surface area is 111 Å². The van der Waals surface area contributed by atoms with Gasteiger partial charge >= 0.3 is 0 Å². The SMILES string of the molecule is CC(=O)CCCC(C)=CCCc1ccc(C)cc1. The van der Waals surface area contributed by atoms with Crippen molar-refractivity contribution < 1.29 is 4.79 Å². The minimum Gasteiger partial charge on any atom is -0.300 e. The molecule has 1 nitrogen and oxygen atoms in total. The number of ketones is 1. The largest absolute Gasteiger partial charge is 0.300 e. The molecule has 0 saturated heterocycles. The van der Waals surface area contributed by atoms with E-state index in [9.17, 15) is 4.79 Å². The second-order valence-corrected chi connectivity index (χ2v) is 5.13. The molecule has 1 rings (SSSR count). The smallest absolute Gasteiger partial charge is 0.129 e. The zero-order valence-corrected chi connectivity index (χ0v) is 11.8. The van der Waals surface area contributed by atoms with Crippen molar-refractivity contribution in [3.63, 3.8) is 0 Å². The average Bonchev–Trinajstić information content (AvgIpc) is 2.31. The van der Waals surface area contributed by atoms with E-state index in [4.69, 9.17) is 0 Å². The standard InChI is InChI=1S/C17H24O/c1-14(6-4-8-16(3)18)7-5-9-17-12-10-15(2)11-13-17/h7,10-13H,4-6,8-9H2,1-3H3. The molecule has 0 spiro atoms. The van der Waals surface area contributed by atoms with Crippen LogP contribution < -0.4 is 0 Å². The van der Waals surface area contributed by atoms with E-state index in [1.807, 2.05) is 0 Å². The zero-order chi connectivity index (χ0) is 13.4. The molecule has 18 heavy (non-hydrogen) atoms. The Hall–Kier alpha value is -1.37. The number of carbonyl (C=O) groups is 1. The summed E-state index contributed by atoms with van der Waals surface area (Å²) in [5.41, 5.74) is 4.12. The first-order valence-corrected chi connectivity index (χ1v) is 6.78. The van der Waals surface area contributed by atoms with Crippen molar-refractivity contribution in [1.29, 1.82) is 0 Å². The minimum atomic E-state index is 0.294. The van der Waals surface area contributed by atoms with Crippen LogP contribution in [0.25, 0.3) is 0 Å². The third kappa shape index (κ3) is 6.39. The molecule has 98 valence electrons. The molecule has 0 heterocycles. The van der Waals surface area contributed by atoms with Gasteiger partial charge in [0.15, 0.2) is 0 Å². The highest BCUT2D eigenvalue weighted by atomic mass is 16.1. The van der Waals surface area contributed by atoms with Crippen LogP contribution in [0.3, 0.4) is 0 Å². The fourth-order valence-electron chi connectivity index (χ4n) is 1.96. The molecule has 0 aliphatic rings. The highest BCUT2D eigenvalue weighted by Gasteiger charge is 1.96. The first-order valence-electron chi connectivity index (χ1n) is 6.78. The number of hydrogen-bond acceptors (Lipinski definition) is 1. The highest BCUT2D eigenvalue weighted by molar-refractivity contribution is 5.75. The van der Waals surface area contributed by atoms with Gasteiger partial charge in [0.05, 0.1) is 0 Å². The Bertz CT molecular complexity index is 398. The number of allylic oxidation sites excluding steroid dienone is 2. The lowest BCUT2D eigenvalue weighted by Gasteiger charge is -2.02. The third-order valence-electron chi connectivity index (χ3n) is 3.15. The lowest BCUT2D eigenvalue weighted by molar-refractivity contribution is -0.117. The van der Waals surface area contributed by atoms with Crippen LogP contribution >= 0.6 is 0 Å². The summed E-state index contributed by atoms with van der Waals surface area (Å²) < 4.78 is 0. The molecule has 1 heteroatoms. The van der Waals surface area contributed by atoms with Crippen molar-refractivity contribution in [3.05, 3.63) is 47.0 Å². The molecular formula is C17H24O. The summed E-state index contributed by atoms with van der Waals surface area (Å²) in [5, 5.41) is 0. The van der Waals surface area contributed by atoms with Gasteiger partial charge in [0, 0.05) is 6.42 Å². The summed E-state index contributed by atoms with van der Waals surface area (Å²) >= 11 is 0. The van der Waals surface area contributed by atoms with Gasteiger partial charge in [-0.15, -0.1) is 0 Å². The van der Waals surface area contributed by atoms with E-state index in [-0.39, 0.29) is 0 Å². The molecule has 0 atom stereocenters. The maximum absolute atomic E-state index is 10.8. The molecular weight excluding hydrogens is 220 g/mol. The van der Waals surface area contributed by atoms with Gasteiger partial charge in [0.2, 0.25) is 0 Å². The minimum absolute atomic E-state index is 0.294. The van der Waals surface area contributed by atoms with Gasteiger partial charge < -0.3 is 4.79 Å². The fraction of sp³-hybridized carbons (Fsp3) is 0.471. The van der Waals surface area contributed by atoms with Crippen LogP contribution in [0.5, 0.6) is 0 Å². The van der Waals surface area contributed by atoms with Crippen LogP contribution in [-0.2, 0) is 11.2 Å². The number of rotatable bonds is 7. The van der Waals surface area contributed by atoms with E-state index in [0.29, 0.717) is 12.2 Å². The van der Waals surface area contributed by atoms with E-state index in [1.54, 1.807) is 6.92 Å². The number of Topliss-reactive ketones (excluding diaryl/α,β-unsaturated/α-hetero) is 1. The van der Waals surface area contributed by atoms with Gasteiger partial charge in [-0.3, -0.25) is 0 Å². The molecule has 0 saturated carbocycles. The Kier molecular flexibility index (Phi) is 6.42.